The molecular formula is C31H35F7O2. The number of ether oxygens (including phenoxy) is 2. The summed E-state index contributed by atoms with van der Waals surface area (Å²) in [4.78, 5) is 0. The van der Waals surface area contributed by atoms with Crippen molar-refractivity contribution in [1.29, 1.82) is 0 Å². The fourth-order valence-electron chi connectivity index (χ4n) is 5.76. The van der Waals surface area contributed by atoms with Crippen molar-refractivity contribution >= 4 is 0 Å². The number of halogens is 7. The third-order valence-electron chi connectivity index (χ3n) is 8.06. The van der Waals surface area contributed by atoms with E-state index in [1.54, 1.807) is 0 Å². The van der Waals surface area contributed by atoms with Gasteiger partial charge in [-0.25, -0.2) is 8.78 Å². The fourth-order valence-corrected chi connectivity index (χ4v) is 5.76. The number of alkyl halides is 5. The summed E-state index contributed by atoms with van der Waals surface area (Å²) in [5.41, 5.74) is -0.797. The number of rotatable bonds is 9. The van der Waals surface area contributed by atoms with Gasteiger partial charge in [-0.1, -0.05) is 25.1 Å². The van der Waals surface area contributed by atoms with E-state index in [-0.39, 0.29) is 30.5 Å². The van der Waals surface area contributed by atoms with E-state index in [1.807, 2.05) is 19.1 Å². The lowest BCUT2D eigenvalue weighted by Crippen LogP contribution is -2.37. The average Bonchev–Trinajstić information content (AvgIpc) is 2.90. The Morgan fingerprint density at radius 3 is 1.88 bits per heavy atom. The summed E-state index contributed by atoms with van der Waals surface area (Å²) >= 11 is 0. The lowest BCUT2D eigenvalue weighted by Gasteiger charge is -2.33. The minimum atomic E-state index is -4.91. The molecule has 2 nitrogen and oxygen atoms in total. The van der Waals surface area contributed by atoms with E-state index in [2.05, 4.69) is 16.9 Å². The summed E-state index contributed by atoms with van der Waals surface area (Å²) in [6, 6.07) is 6.59. The number of allylic oxidation sites excluding steroid dienone is 2. The van der Waals surface area contributed by atoms with E-state index < -0.39 is 35.3 Å². The second-order valence-electron chi connectivity index (χ2n) is 10.9. The van der Waals surface area contributed by atoms with Gasteiger partial charge < -0.3 is 9.47 Å². The topological polar surface area (TPSA) is 18.5 Å². The van der Waals surface area contributed by atoms with Gasteiger partial charge >= 0.3 is 12.3 Å². The number of benzene rings is 2. The van der Waals surface area contributed by atoms with Crippen LogP contribution in [0.5, 0.6) is 11.5 Å². The third-order valence-corrected chi connectivity index (χ3v) is 8.06. The highest BCUT2D eigenvalue weighted by molar-refractivity contribution is 5.32. The lowest BCUT2D eigenvalue weighted by atomic mass is 9.77. The van der Waals surface area contributed by atoms with Crippen LogP contribution >= 0.6 is 0 Å². The van der Waals surface area contributed by atoms with Gasteiger partial charge in [-0.3, -0.25) is 0 Å². The molecule has 0 amide bonds. The molecule has 0 spiro atoms. The van der Waals surface area contributed by atoms with Crippen molar-refractivity contribution in [3.05, 3.63) is 71.3 Å². The standard InChI is InChI=1S/C31H35F7O2/c1-2-17-39-24-13-15-26(28(32)18-24)22-9-5-20(6-10-22)3-4-21-7-11-23(12-8-21)31(37,38)40-25-14-16-27(29(33)19-25)30(34,35)36/h3-4,13-16,18-23H,2,5-12,17H2,1H3/b4-3+. The SMILES string of the molecule is CCCOc1ccc(C2CCC(/C=C/C3CCC(C(F)(F)Oc4ccc(C(F)(F)F)c(F)c4)CC3)CC2)c(F)c1. The monoisotopic (exact) mass is 572 g/mol. The van der Waals surface area contributed by atoms with Crippen molar-refractivity contribution in [2.45, 2.75) is 82.9 Å². The van der Waals surface area contributed by atoms with Crippen LogP contribution in [0.4, 0.5) is 30.7 Å². The highest BCUT2D eigenvalue weighted by Gasteiger charge is 2.44. The molecule has 2 aromatic carbocycles. The summed E-state index contributed by atoms with van der Waals surface area (Å²) in [5.74, 6) is -2.38. The third kappa shape index (κ3) is 7.72. The molecule has 0 radical (unpaired) electrons. The van der Waals surface area contributed by atoms with E-state index >= 15 is 0 Å². The minimum absolute atomic E-state index is 0.154. The Hall–Kier alpha value is -2.71. The molecule has 2 aromatic rings. The highest BCUT2D eigenvalue weighted by Crippen LogP contribution is 2.42. The van der Waals surface area contributed by atoms with E-state index in [0.29, 0.717) is 49.3 Å². The zero-order valence-corrected chi connectivity index (χ0v) is 22.5. The first kappa shape index (κ1) is 30.3. The molecule has 2 aliphatic carbocycles. The summed E-state index contributed by atoms with van der Waals surface area (Å²) in [5, 5.41) is 0. The maximum absolute atomic E-state index is 14.7. The molecule has 2 saturated carbocycles. The predicted octanol–water partition coefficient (Wildman–Crippen LogP) is 10.1. The first-order chi connectivity index (χ1) is 19.0. The molecule has 0 aromatic heterocycles. The second kappa shape index (κ2) is 12.9. The van der Waals surface area contributed by atoms with Gasteiger partial charge in [0.15, 0.2) is 0 Å². The Balaban J connectivity index is 1.23. The zero-order chi connectivity index (χ0) is 28.9. The molecule has 40 heavy (non-hydrogen) atoms. The smallest absolute Gasteiger partial charge is 0.419 e. The van der Waals surface area contributed by atoms with E-state index in [1.165, 1.54) is 6.07 Å². The number of hydrogen-bond donors (Lipinski definition) is 0. The van der Waals surface area contributed by atoms with E-state index in [0.717, 1.165) is 37.7 Å². The first-order valence-electron chi connectivity index (χ1n) is 14.0. The van der Waals surface area contributed by atoms with Crippen LogP contribution in [-0.2, 0) is 6.18 Å². The molecule has 9 heteroatoms. The maximum atomic E-state index is 14.7. The van der Waals surface area contributed by atoms with Crippen LogP contribution in [0.3, 0.4) is 0 Å². The molecule has 0 aliphatic heterocycles. The van der Waals surface area contributed by atoms with Gasteiger partial charge in [0.25, 0.3) is 0 Å². The maximum Gasteiger partial charge on any atom is 0.419 e. The molecule has 4 rings (SSSR count). The van der Waals surface area contributed by atoms with Crippen molar-refractivity contribution in [2.24, 2.45) is 17.8 Å². The average molecular weight is 573 g/mol. The highest BCUT2D eigenvalue weighted by atomic mass is 19.4. The van der Waals surface area contributed by atoms with Crippen LogP contribution in [0.25, 0.3) is 0 Å². The van der Waals surface area contributed by atoms with Gasteiger partial charge in [0.05, 0.1) is 18.1 Å². The second-order valence-corrected chi connectivity index (χ2v) is 10.9. The number of hydrogen-bond acceptors (Lipinski definition) is 2. The van der Waals surface area contributed by atoms with Crippen molar-refractivity contribution < 1.29 is 40.2 Å². The Labute approximate surface area is 230 Å². The van der Waals surface area contributed by atoms with Gasteiger partial charge in [0.2, 0.25) is 0 Å². The van der Waals surface area contributed by atoms with Crippen LogP contribution in [-0.4, -0.2) is 12.7 Å². The fraction of sp³-hybridized carbons (Fsp3) is 0.548. The van der Waals surface area contributed by atoms with Gasteiger partial charge in [-0.15, -0.1) is 0 Å². The molecule has 220 valence electrons. The van der Waals surface area contributed by atoms with Gasteiger partial charge in [0.1, 0.15) is 23.1 Å². The molecule has 0 N–H and O–H groups in total. The Morgan fingerprint density at radius 1 is 0.750 bits per heavy atom. The summed E-state index contributed by atoms with van der Waals surface area (Å²) < 4.78 is 106. The van der Waals surface area contributed by atoms with Crippen LogP contribution in [0.15, 0.2) is 48.6 Å². The van der Waals surface area contributed by atoms with Crippen LogP contribution in [0, 0.1) is 29.4 Å². The van der Waals surface area contributed by atoms with E-state index in [9.17, 15) is 30.7 Å². The first-order valence-corrected chi connectivity index (χ1v) is 14.0. The Bertz CT molecular complexity index is 1140. The van der Waals surface area contributed by atoms with Crippen molar-refractivity contribution in [2.75, 3.05) is 6.61 Å². The molecular weight excluding hydrogens is 537 g/mol. The lowest BCUT2D eigenvalue weighted by molar-refractivity contribution is -0.223. The van der Waals surface area contributed by atoms with Crippen LogP contribution in [0.1, 0.15) is 81.8 Å². The summed E-state index contributed by atoms with van der Waals surface area (Å²) in [6.07, 6.45) is 1.66. The summed E-state index contributed by atoms with van der Waals surface area (Å²) in [6.45, 7) is 2.55. The Morgan fingerprint density at radius 2 is 1.32 bits per heavy atom. The van der Waals surface area contributed by atoms with Crippen molar-refractivity contribution in [3.63, 3.8) is 0 Å². The largest absolute Gasteiger partial charge is 0.494 e. The van der Waals surface area contributed by atoms with Gasteiger partial charge in [-0.05, 0) is 99.3 Å². The molecule has 0 saturated heterocycles. The van der Waals surface area contributed by atoms with Crippen LogP contribution in [0.2, 0.25) is 0 Å². The normalized spacial score (nSPS) is 24.3. The molecule has 2 aliphatic rings. The zero-order valence-electron chi connectivity index (χ0n) is 22.5. The van der Waals surface area contributed by atoms with Crippen molar-refractivity contribution in [1.82, 2.24) is 0 Å². The molecule has 0 heterocycles. The molecule has 2 fully saturated rings. The Kier molecular flexibility index (Phi) is 9.72. The quantitative estimate of drug-likeness (QED) is 0.220. The van der Waals surface area contributed by atoms with Crippen molar-refractivity contribution in [3.8, 4) is 11.5 Å². The summed E-state index contributed by atoms with van der Waals surface area (Å²) in [7, 11) is 0. The van der Waals surface area contributed by atoms with E-state index in [4.69, 9.17) is 4.74 Å². The minimum Gasteiger partial charge on any atom is -0.494 e. The van der Waals surface area contributed by atoms with Crippen LogP contribution < -0.4 is 9.47 Å². The molecule has 0 atom stereocenters. The van der Waals surface area contributed by atoms with Gasteiger partial charge in [-0.2, -0.15) is 22.0 Å². The molecule has 0 bridgehead atoms. The molecule has 0 unspecified atom stereocenters. The predicted molar refractivity (Wildman–Crippen MR) is 138 cm³/mol. The van der Waals surface area contributed by atoms with Gasteiger partial charge in [0, 0.05) is 12.1 Å².